The van der Waals surface area contributed by atoms with Crippen molar-refractivity contribution in [3.05, 3.63) is 54.0 Å². The zero-order valence-electron chi connectivity index (χ0n) is 9.41. The van der Waals surface area contributed by atoms with E-state index in [1.165, 1.54) is 0 Å². The van der Waals surface area contributed by atoms with Crippen molar-refractivity contribution in [2.75, 3.05) is 7.11 Å². The van der Waals surface area contributed by atoms with Crippen LogP contribution in [0.25, 0.3) is 0 Å². The molecule has 0 aliphatic carbocycles. The molecule has 1 heterocycles. The number of methoxy groups -OCH3 is 1. The average Bonchev–Trinajstić information content (AvgIpc) is 2.88. The third-order valence-corrected chi connectivity index (χ3v) is 2.13. The third-order valence-electron chi connectivity index (χ3n) is 2.13. The standard InChI is InChI=1S/C13H12N2O2/c1-16-13-7-3-2-5-11(13)9-14-15-10-12-6-4-8-17-12/h2-10H,1H3/b14-9+,15-10-. The van der Waals surface area contributed by atoms with Gasteiger partial charge in [0.2, 0.25) is 0 Å². The van der Waals surface area contributed by atoms with E-state index in [9.17, 15) is 0 Å². The van der Waals surface area contributed by atoms with Crippen LogP contribution in [0.5, 0.6) is 5.75 Å². The second-order valence-corrected chi connectivity index (χ2v) is 3.25. The first-order valence-corrected chi connectivity index (χ1v) is 5.13. The van der Waals surface area contributed by atoms with Gasteiger partial charge in [0.1, 0.15) is 11.5 Å². The molecule has 0 spiro atoms. The maximum atomic E-state index is 5.19. The van der Waals surface area contributed by atoms with Crippen molar-refractivity contribution in [1.82, 2.24) is 0 Å². The summed E-state index contributed by atoms with van der Waals surface area (Å²) in [5, 5.41) is 7.81. The monoisotopic (exact) mass is 228 g/mol. The molecule has 17 heavy (non-hydrogen) atoms. The molecule has 0 fully saturated rings. The molecule has 1 aromatic carbocycles. The lowest BCUT2D eigenvalue weighted by Gasteiger charge is -2.01. The largest absolute Gasteiger partial charge is 0.496 e. The lowest BCUT2D eigenvalue weighted by atomic mass is 10.2. The van der Waals surface area contributed by atoms with Crippen molar-refractivity contribution in [1.29, 1.82) is 0 Å². The highest BCUT2D eigenvalue weighted by molar-refractivity contribution is 5.84. The van der Waals surface area contributed by atoms with Crippen LogP contribution < -0.4 is 4.74 Å². The molecular weight excluding hydrogens is 216 g/mol. The molecule has 0 unspecified atom stereocenters. The van der Waals surface area contributed by atoms with E-state index >= 15 is 0 Å². The fourth-order valence-electron chi connectivity index (χ4n) is 1.32. The molecule has 0 atom stereocenters. The van der Waals surface area contributed by atoms with E-state index in [-0.39, 0.29) is 0 Å². The summed E-state index contributed by atoms with van der Waals surface area (Å²) >= 11 is 0. The minimum atomic E-state index is 0.669. The maximum Gasteiger partial charge on any atom is 0.146 e. The topological polar surface area (TPSA) is 47.1 Å². The summed E-state index contributed by atoms with van der Waals surface area (Å²) in [7, 11) is 1.62. The highest BCUT2D eigenvalue weighted by Crippen LogP contribution is 2.14. The average molecular weight is 228 g/mol. The van der Waals surface area contributed by atoms with E-state index in [1.54, 1.807) is 31.9 Å². The summed E-state index contributed by atoms with van der Waals surface area (Å²) in [5.74, 6) is 1.44. The van der Waals surface area contributed by atoms with Crippen molar-refractivity contribution in [3.63, 3.8) is 0 Å². The van der Waals surface area contributed by atoms with E-state index < -0.39 is 0 Å². The van der Waals surface area contributed by atoms with Gasteiger partial charge in [-0.05, 0) is 24.3 Å². The molecule has 0 radical (unpaired) electrons. The maximum absolute atomic E-state index is 5.19. The summed E-state index contributed by atoms with van der Waals surface area (Å²) in [5.41, 5.74) is 0.881. The molecule has 1 aromatic heterocycles. The number of nitrogens with zero attached hydrogens (tertiary/aromatic N) is 2. The Morgan fingerprint density at radius 2 is 1.88 bits per heavy atom. The number of para-hydroxylation sites is 1. The molecule has 2 aromatic rings. The van der Waals surface area contributed by atoms with E-state index in [4.69, 9.17) is 9.15 Å². The van der Waals surface area contributed by atoms with E-state index in [0.29, 0.717) is 5.76 Å². The van der Waals surface area contributed by atoms with Crippen molar-refractivity contribution < 1.29 is 9.15 Å². The number of benzene rings is 1. The highest BCUT2D eigenvalue weighted by Gasteiger charge is 1.96. The minimum absolute atomic E-state index is 0.669. The number of furan rings is 1. The van der Waals surface area contributed by atoms with Crippen LogP contribution in [-0.4, -0.2) is 19.5 Å². The Balaban J connectivity index is 2.05. The van der Waals surface area contributed by atoms with Crippen molar-refractivity contribution in [3.8, 4) is 5.75 Å². The van der Waals surface area contributed by atoms with Gasteiger partial charge in [0.05, 0.1) is 25.8 Å². The van der Waals surface area contributed by atoms with Crippen LogP contribution >= 0.6 is 0 Å². The van der Waals surface area contributed by atoms with Crippen LogP contribution in [0.3, 0.4) is 0 Å². The summed E-state index contributed by atoms with van der Waals surface area (Å²) < 4.78 is 10.3. The molecule has 0 aliphatic heterocycles. The van der Waals surface area contributed by atoms with Gasteiger partial charge >= 0.3 is 0 Å². The first-order valence-electron chi connectivity index (χ1n) is 5.13. The predicted molar refractivity (Wildman–Crippen MR) is 66.9 cm³/mol. The molecule has 2 rings (SSSR count). The zero-order chi connectivity index (χ0) is 11.9. The quantitative estimate of drug-likeness (QED) is 0.596. The molecule has 4 heteroatoms. The van der Waals surface area contributed by atoms with Gasteiger partial charge in [-0.25, -0.2) is 0 Å². The highest BCUT2D eigenvalue weighted by atomic mass is 16.5. The molecule has 0 N–H and O–H groups in total. The van der Waals surface area contributed by atoms with Crippen LogP contribution in [0.4, 0.5) is 0 Å². The van der Waals surface area contributed by atoms with Gasteiger partial charge in [-0.3, -0.25) is 0 Å². The van der Waals surface area contributed by atoms with Gasteiger partial charge in [0, 0.05) is 5.56 Å². The molecular formula is C13H12N2O2. The van der Waals surface area contributed by atoms with Gasteiger partial charge in [-0.1, -0.05) is 12.1 Å². The van der Waals surface area contributed by atoms with E-state index in [2.05, 4.69) is 10.2 Å². The van der Waals surface area contributed by atoms with Gasteiger partial charge in [0.25, 0.3) is 0 Å². The normalized spacial score (nSPS) is 11.4. The van der Waals surface area contributed by atoms with Crippen molar-refractivity contribution in [2.24, 2.45) is 10.2 Å². The first-order chi connectivity index (χ1) is 8.40. The summed E-state index contributed by atoms with van der Waals surface area (Å²) in [6.07, 6.45) is 4.77. The van der Waals surface area contributed by atoms with Crippen LogP contribution in [0, 0.1) is 0 Å². The molecule has 0 saturated carbocycles. The molecule has 0 amide bonds. The molecule has 86 valence electrons. The van der Waals surface area contributed by atoms with Crippen LogP contribution in [0.2, 0.25) is 0 Å². The fraction of sp³-hybridized carbons (Fsp3) is 0.0769. The Morgan fingerprint density at radius 3 is 2.65 bits per heavy atom. The second kappa shape index (κ2) is 5.65. The van der Waals surface area contributed by atoms with E-state index in [1.807, 2.05) is 30.3 Å². The minimum Gasteiger partial charge on any atom is -0.496 e. The van der Waals surface area contributed by atoms with E-state index in [0.717, 1.165) is 11.3 Å². The molecule has 0 aliphatic rings. The summed E-state index contributed by atoms with van der Waals surface area (Å²) in [6.45, 7) is 0. The molecule has 4 nitrogen and oxygen atoms in total. The van der Waals surface area contributed by atoms with Gasteiger partial charge in [-0.15, -0.1) is 0 Å². The van der Waals surface area contributed by atoms with Gasteiger partial charge < -0.3 is 9.15 Å². The first kappa shape index (κ1) is 11.1. The number of hydrogen-bond acceptors (Lipinski definition) is 4. The Hall–Kier alpha value is -2.36. The third kappa shape index (κ3) is 3.04. The van der Waals surface area contributed by atoms with Gasteiger partial charge in [-0.2, -0.15) is 10.2 Å². The smallest absolute Gasteiger partial charge is 0.146 e. The van der Waals surface area contributed by atoms with Gasteiger partial charge in [0.15, 0.2) is 0 Å². The Bertz CT molecular complexity index is 516. The summed E-state index contributed by atoms with van der Waals surface area (Å²) in [6, 6.07) is 11.2. The van der Waals surface area contributed by atoms with Crippen LogP contribution in [0.15, 0.2) is 57.3 Å². The number of rotatable bonds is 4. The Kier molecular flexibility index (Phi) is 3.70. The Morgan fingerprint density at radius 1 is 1.06 bits per heavy atom. The van der Waals surface area contributed by atoms with Crippen molar-refractivity contribution in [2.45, 2.75) is 0 Å². The van der Waals surface area contributed by atoms with Crippen molar-refractivity contribution >= 4 is 12.4 Å². The molecule has 0 bridgehead atoms. The summed E-state index contributed by atoms with van der Waals surface area (Å²) in [4.78, 5) is 0. The lowest BCUT2D eigenvalue weighted by Crippen LogP contribution is -1.89. The SMILES string of the molecule is COc1ccccc1/C=N/N=C\c1ccco1. The second-order valence-electron chi connectivity index (χ2n) is 3.25. The predicted octanol–water partition coefficient (Wildman–Crippen LogP) is 2.74. The zero-order valence-corrected chi connectivity index (χ0v) is 9.41. The number of hydrogen-bond donors (Lipinski definition) is 0. The fourth-order valence-corrected chi connectivity index (χ4v) is 1.32. The van der Waals surface area contributed by atoms with Crippen LogP contribution in [-0.2, 0) is 0 Å². The lowest BCUT2D eigenvalue weighted by molar-refractivity contribution is 0.414. The van der Waals surface area contributed by atoms with Crippen LogP contribution in [0.1, 0.15) is 11.3 Å². The number of ether oxygens (including phenoxy) is 1. The Labute approximate surface area is 99.3 Å². The molecule has 0 saturated heterocycles.